The second-order valence-corrected chi connectivity index (χ2v) is 8.82. The van der Waals surface area contributed by atoms with Gasteiger partial charge in [-0.25, -0.2) is 9.59 Å². The molecule has 0 radical (unpaired) electrons. The SMILES string of the molecule is COC(=O)[C@H](Cc1ccc(Cl)cc1Cl)NC(=O)[C@H](Cc1ccccc1)NC(=O)OCc1ccccc1. The van der Waals surface area contributed by atoms with E-state index in [1.165, 1.54) is 7.11 Å². The van der Waals surface area contributed by atoms with Crippen LogP contribution in [-0.2, 0) is 38.5 Å². The van der Waals surface area contributed by atoms with E-state index in [0.29, 0.717) is 15.6 Å². The summed E-state index contributed by atoms with van der Waals surface area (Å²) in [6.07, 6.45) is -0.501. The summed E-state index contributed by atoms with van der Waals surface area (Å²) in [6, 6.07) is 21.2. The van der Waals surface area contributed by atoms with Gasteiger partial charge in [-0.1, -0.05) is 89.9 Å². The van der Waals surface area contributed by atoms with E-state index in [9.17, 15) is 14.4 Å². The van der Waals surface area contributed by atoms with Gasteiger partial charge in [0.05, 0.1) is 7.11 Å². The second kappa shape index (κ2) is 13.5. The summed E-state index contributed by atoms with van der Waals surface area (Å²) in [5.74, 6) is -1.23. The number of nitrogens with one attached hydrogen (secondary N) is 2. The first-order valence-corrected chi connectivity index (χ1v) is 11.9. The fourth-order valence-electron chi connectivity index (χ4n) is 3.48. The maximum absolute atomic E-state index is 13.3. The van der Waals surface area contributed by atoms with Gasteiger partial charge in [0.25, 0.3) is 0 Å². The summed E-state index contributed by atoms with van der Waals surface area (Å²) < 4.78 is 10.2. The van der Waals surface area contributed by atoms with Gasteiger partial charge < -0.3 is 20.1 Å². The number of hydrogen-bond donors (Lipinski definition) is 2. The minimum absolute atomic E-state index is 0.0478. The predicted octanol–water partition coefficient (Wildman–Crippen LogP) is 4.73. The predicted molar refractivity (Wildman–Crippen MR) is 138 cm³/mol. The average Bonchev–Trinajstić information content (AvgIpc) is 2.88. The Morgan fingerprint density at radius 3 is 2.06 bits per heavy atom. The molecular formula is C27H26Cl2N2O5. The molecule has 0 unspecified atom stereocenters. The summed E-state index contributed by atoms with van der Waals surface area (Å²) in [7, 11) is 1.23. The van der Waals surface area contributed by atoms with Crippen molar-refractivity contribution in [3.8, 4) is 0 Å². The van der Waals surface area contributed by atoms with Crippen LogP contribution in [0, 0.1) is 0 Å². The van der Waals surface area contributed by atoms with Crippen LogP contribution in [0.4, 0.5) is 4.79 Å². The molecule has 36 heavy (non-hydrogen) atoms. The van der Waals surface area contributed by atoms with E-state index in [-0.39, 0.29) is 19.4 Å². The molecule has 0 bridgehead atoms. The molecule has 0 fully saturated rings. The van der Waals surface area contributed by atoms with E-state index in [1.54, 1.807) is 18.2 Å². The molecular weight excluding hydrogens is 503 g/mol. The van der Waals surface area contributed by atoms with Crippen molar-refractivity contribution in [2.24, 2.45) is 0 Å². The van der Waals surface area contributed by atoms with Crippen LogP contribution >= 0.6 is 23.2 Å². The van der Waals surface area contributed by atoms with Crippen LogP contribution in [0.25, 0.3) is 0 Å². The third-order valence-corrected chi connectivity index (χ3v) is 5.93. The molecule has 188 valence electrons. The van der Waals surface area contributed by atoms with Crippen LogP contribution in [0.15, 0.2) is 78.9 Å². The number of hydrogen-bond acceptors (Lipinski definition) is 5. The van der Waals surface area contributed by atoms with E-state index in [0.717, 1.165) is 11.1 Å². The Hall–Kier alpha value is -3.55. The van der Waals surface area contributed by atoms with Crippen LogP contribution in [0.1, 0.15) is 16.7 Å². The molecule has 0 saturated carbocycles. The largest absolute Gasteiger partial charge is 0.467 e. The number of ether oxygens (including phenoxy) is 2. The minimum Gasteiger partial charge on any atom is -0.467 e. The molecule has 2 N–H and O–H groups in total. The molecule has 3 aromatic carbocycles. The molecule has 0 heterocycles. The average molecular weight is 529 g/mol. The number of amides is 2. The van der Waals surface area contributed by atoms with E-state index in [1.807, 2.05) is 60.7 Å². The standard InChI is InChI=1S/C27H26Cl2N2O5/c1-35-26(33)24(15-20-12-13-21(28)16-22(20)29)30-25(32)23(14-18-8-4-2-5-9-18)31-27(34)36-17-19-10-6-3-7-11-19/h2-13,16,23-24H,14-15,17H2,1H3,(H,30,32)(H,31,34)/t23-,24-/m0/s1. The summed E-state index contributed by atoms with van der Waals surface area (Å²) in [5, 5.41) is 6.10. The summed E-state index contributed by atoms with van der Waals surface area (Å²) in [6.45, 7) is 0.0478. The quantitative estimate of drug-likeness (QED) is 0.371. The van der Waals surface area contributed by atoms with Gasteiger partial charge in [-0.2, -0.15) is 0 Å². The number of alkyl carbamates (subject to hydrolysis) is 1. The van der Waals surface area contributed by atoms with Crippen molar-refractivity contribution in [1.29, 1.82) is 0 Å². The first-order valence-electron chi connectivity index (χ1n) is 11.2. The van der Waals surface area contributed by atoms with Gasteiger partial charge in [0, 0.05) is 22.9 Å². The molecule has 0 spiro atoms. The zero-order chi connectivity index (χ0) is 25.9. The Bertz CT molecular complexity index is 1180. The molecule has 2 atom stereocenters. The maximum atomic E-state index is 13.3. The highest BCUT2D eigenvalue weighted by Gasteiger charge is 2.28. The van der Waals surface area contributed by atoms with Crippen molar-refractivity contribution in [1.82, 2.24) is 10.6 Å². The molecule has 3 rings (SSSR count). The van der Waals surface area contributed by atoms with Crippen LogP contribution in [-0.4, -0.2) is 37.2 Å². The highest BCUT2D eigenvalue weighted by Crippen LogP contribution is 2.22. The van der Waals surface area contributed by atoms with Gasteiger partial charge >= 0.3 is 12.1 Å². The van der Waals surface area contributed by atoms with Gasteiger partial charge in [0.1, 0.15) is 18.7 Å². The van der Waals surface area contributed by atoms with E-state index >= 15 is 0 Å². The van der Waals surface area contributed by atoms with E-state index in [2.05, 4.69) is 10.6 Å². The fourth-order valence-corrected chi connectivity index (χ4v) is 3.97. The number of carbonyl (C=O) groups excluding carboxylic acids is 3. The molecule has 3 aromatic rings. The third-order valence-electron chi connectivity index (χ3n) is 5.35. The maximum Gasteiger partial charge on any atom is 0.408 e. The van der Waals surface area contributed by atoms with Crippen molar-refractivity contribution in [2.75, 3.05) is 7.11 Å². The first kappa shape index (κ1) is 27.0. The smallest absolute Gasteiger partial charge is 0.408 e. The topological polar surface area (TPSA) is 93.7 Å². The first-order chi connectivity index (χ1) is 17.4. The molecule has 0 aromatic heterocycles. The van der Waals surface area contributed by atoms with E-state index in [4.69, 9.17) is 32.7 Å². The molecule has 9 heteroatoms. The lowest BCUT2D eigenvalue weighted by Gasteiger charge is -2.22. The van der Waals surface area contributed by atoms with Crippen molar-refractivity contribution in [2.45, 2.75) is 31.5 Å². The van der Waals surface area contributed by atoms with Crippen LogP contribution in [0.3, 0.4) is 0 Å². The minimum atomic E-state index is -1.04. The number of esters is 1. The monoisotopic (exact) mass is 528 g/mol. The van der Waals surface area contributed by atoms with Gasteiger partial charge in [-0.05, 0) is 28.8 Å². The fraction of sp³-hybridized carbons (Fsp3) is 0.222. The highest BCUT2D eigenvalue weighted by atomic mass is 35.5. The second-order valence-electron chi connectivity index (χ2n) is 7.97. The Morgan fingerprint density at radius 1 is 0.806 bits per heavy atom. The van der Waals surface area contributed by atoms with Gasteiger partial charge in [0.15, 0.2) is 0 Å². The third kappa shape index (κ3) is 8.29. The molecule has 0 aliphatic rings. The highest BCUT2D eigenvalue weighted by molar-refractivity contribution is 6.35. The Kier molecular flexibility index (Phi) is 10.2. The zero-order valence-corrected chi connectivity index (χ0v) is 21.1. The Labute approximate surface area is 219 Å². The number of benzene rings is 3. The van der Waals surface area contributed by atoms with Crippen molar-refractivity contribution < 1.29 is 23.9 Å². The van der Waals surface area contributed by atoms with E-state index < -0.39 is 30.1 Å². The van der Waals surface area contributed by atoms with Gasteiger partial charge in [-0.15, -0.1) is 0 Å². The lowest BCUT2D eigenvalue weighted by molar-refractivity contribution is -0.145. The normalized spacial score (nSPS) is 12.2. The van der Waals surface area contributed by atoms with Crippen molar-refractivity contribution in [3.05, 3.63) is 106 Å². The van der Waals surface area contributed by atoms with Gasteiger partial charge in [0.2, 0.25) is 5.91 Å². The Morgan fingerprint density at radius 2 is 1.44 bits per heavy atom. The lowest BCUT2D eigenvalue weighted by atomic mass is 10.0. The summed E-state index contributed by atoms with van der Waals surface area (Å²) in [5.41, 5.74) is 2.23. The summed E-state index contributed by atoms with van der Waals surface area (Å²) in [4.78, 5) is 38.3. The number of carbonyl (C=O) groups is 3. The molecule has 7 nitrogen and oxygen atoms in total. The van der Waals surface area contributed by atoms with Crippen LogP contribution in [0.5, 0.6) is 0 Å². The number of methoxy groups -OCH3 is 1. The van der Waals surface area contributed by atoms with Crippen molar-refractivity contribution in [3.63, 3.8) is 0 Å². The zero-order valence-electron chi connectivity index (χ0n) is 19.6. The van der Waals surface area contributed by atoms with Crippen LogP contribution in [0.2, 0.25) is 10.0 Å². The molecule has 0 aliphatic heterocycles. The molecule has 0 saturated heterocycles. The Balaban J connectivity index is 1.73. The number of rotatable bonds is 10. The lowest BCUT2D eigenvalue weighted by Crippen LogP contribution is -2.53. The van der Waals surface area contributed by atoms with Gasteiger partial charge in [-0.3, -0.25) is 4.79 Å². The molecule has 2 amide bonds. The van der Waals surface area contributed by atoms with Crippen LogP contribution < -0.4 is 10.6 Å². The van der Waals surface area contributed by atoms with Crippen molar-refractivity contribution >= 4 is 41.2 Å². The number of halogens is 2. The summed E-state index contributed by atoms with van der Waals surface area (Å²) >= 11 is 12.2. The molecule has 0 aliphatic carbocycles.